The molecular weight excluding hydrogens is 124 g/mol. The molecule has 0 N–H and O–H groups in total. The van der Waals surface area contributed by atoms with Crippen molar-refractivity contribution in [2.24, 2.45) is 15.9 Å². The predicted octanol–water partition coefficient (Wildman–Crippen LogP) is 1.79. The molecule has 1 aliphatic rings. The van der Waals surface area contributed by atoms with Gasteiger partial charge in [-0.15, -0.1) is 0 Å². The normalized spacial score (nSPS) is 15.7. The van der Waals surface area contributed by atoms with E-state index in [1.165, 1.54) is 0 Å². The average molecular weight is 134 g/mol. The Morgan fingerprint density at radius 1 is 1.50 bits per heavy atom. The topological polar surface area (TPSA) is 24.7 Å². The summed E-state index contributed by atoms with van der Waals surface area (Å²) in [6.07, 6.45) is 5.20. The number of nitrogens with zero attached hydrogens (tertiary/aromatic N) is 2. The second kappa shape index (κ2) is 3.14. The highest BCUT2D eigenvalue weighted by atomic mass is 14.8. The Bertz CT molecular complexity index is 228. The average Bonchev–Trinajstić information content (AvgIpc) is 2.12. The SMILES string of the molecule is CC(C)C1=CC=NC=C=N1. The zero-order valence-electron chi connectivity index (χ0n) is 6.20. The molecule has 0 aliphatic carbocycles. The molecule has 2 heteroatoms. The molecule has 2 nitrogen and oxygen atoms in total. The summed E-state index contributed by atoms with van der Waals surface area (Å²) in [7, 11) is 0. The van der Waals surface area contributed by atoms with Gasteiger partial charge in [-0.05, 0) is 12.0 Å². The van der Waals surface area contributed by atoms with Crippen LogP contribution in [-0.4, -0.2) is 12.1 Å². The summed E-state index contributed by atoms with van der Waals surface area (Å²) < 4.78 is 0. The number of hydrogen-bond acceptors (Lipinski definition) is 2. The van der Waals surface area contributed by atoms with E-state index >= 15 is 0 Å². The lowest BCUT2D eigenvalue weighted by molar-refractivity contribution is 0.761. The first kappa shape index (κ1) is 6.97. The van der Waals surface area contributed by atoms with Crippen molar-refractivity contribution in [3.8, 4) is 0 Å². The number of rotatable bonds is 1. The van der Waals surface area contributed by atoms with Crippen molar-refractivity contribution in [3.63, 3.8) is 0 Å². The van der Waals surface area contributed by atoms with Gasteiger partial charge in [0.25, 0.3) is 0 Å². The maximum absolute atomic E-state index is 4.05. The molecule has 1 heterocycles. The summed E-state index contributed by atoms with van der Waals surface area (Å²) in [4.78, 5) is 7.93. The third kappa shape index (κ3) is 1.67. The fourth-order valence-corrected chi connectivity index (χ4v) is 0.658. The molecule has 10 heavy (non-hydrogen) atoms. The van der Waals surface area contributed by atoms with Gasteiger partial charge >= 0.3 is 0 Å². The lowest BCUT2D eigenvalue weighted by Crippen LogP contribution is -1.89. The van der Waals surface area contributed by atoms with Crippen molar-refractivity contribution < 1.29 is 0 Å². The maximum Gasteiger partial charge on any atom is 0.0881 e. The summed E-state index contributed by atoms with van der Waals surface area (Å²) in [5.41, 5.74) is 1.03. The molecule has 0 radical (unpaired) electrons. The second-order valence-corrected chi connectivity index (χ2v) is 2.41. The van der Waals surface area contributed by atoms with E-state index in [0.717, 1.165) is 5.70 Å². The largest absolute Gasteiger partial charge is 0.255 e. The summed E-state index contributed by atoms with van der Waals surface area (Å²) in [6, 6.07) is 0. The molecule has 0 fully saturated rings. The van der Waals surface area contributed by atoms with Crippen LogP contribution in [0.1, 0.15) is 13.8 Å². The zero-order chi connectivity index (χ0) is 7.40. The minimum atomic E-state index is 0.449. The van der Waals surface area contributed by atoms with Gasteiger partial charge in [-0.1, -0.05) is 13.8 Å². The number of hydrogen-bond donors (Lipinski definition) is 0. The molecular formula is C8H10N2. The van der Waals surface area contributed by atoms with Gasteiger partial charge in [0.2, 0.25) is 0 Å². The van der Waals surface area contributed by atoms with Crippen molar-refractivity contribution in [3.05, 3.63) is 18.0 Å². The molecule has 0 saturated heterocycles. The number of aliphatic imine (C=N–C) groups is 2. The van der Waals surface area contributed by atoms with Gasteiger partial charge in [-0.2, -0.15) is 0 Å². The number of allylic oxidation sites excluding steroid dienone is 2. The lowest BCUT2D eigenvalue weighted by atomic mass is 10.1. The summed E-state index contributed by atoms with van der Waals surface area (Å²) in [5, 5.41) is 0. The predicted molar refractivity (Wildman–Crippen MR) is 43.4 cm³/mol. The minimum Gasteiger partial charge on any atom is -0.255 e. The molecule has 0 atom stereocenters. The van der Waals surface area contributed by atoms with E-state index in [-0.39, 0.29) is 0 Å². The fourth-order valence-electron chi connectivity index (χ4n) is 0.658. The summed E-state index contributed by atoms with van der Waals surface area (Å²) >= 11 is 0. The van der Waals surface area contributed by atoms with Crippen LogP contribution in [0.15, 0.2) is 28.0 Å². The van der Waals surface area contributed by atoms with E-state index in [9.17, 15) is 0 Å². The maximum atomic E-state index is 4.05. The Morgan fingerprint density at radius 2 is 2.30 bits per heavy atom. The highest BCUT2D eigenvalue weighted by Gasteiger charge is 1.98. The smallest absolute Gasteiger partial charge is 0.0881 e. The van der Waals surface area contributed by atoms with Gasteiger partial charge < -0.3 is 0 Å². The quantitative estimate of drug-likeness (QED) is 0.522. The van der Waals surface area contributed by atoms with E-state index in [4.69, 9.17) is 0 Å². The van der Waals surface area contributed by atoms with Crippen molar-refractivity contribution in [2.45, 2.75) is 13.8 Å². The van der Waals surface area contributed by atoms with Crippen LogP contribution in [0.2, 0.25) is 0 Å². The van der Waals surface area contributed by atoms with Crippen molar-refractivity contribution in [1.29, 1.82) is 0 Å². The van der Waals surface area contributed by atoms with Crippen LogP contribution in [0.4, 0.5) is 0 Å². The van der Waals surface area contributed by atoms with Gasteiger partial charge in [0.15, 0.2) is 0 Å². The van der Waals surface area contributed by atoms with Crippen LogP contribution in [0.25, 0.3) is 0 Å². The molecule has 0 unspecified atom stereocenters. The first-order valence-electron chi connectivity index (χ1n) is 3.32. The Morgan fingerprint density at radius 3 is 3.00 bits per heavy atom. The summed E-state index contributed by atoms with van der Waals surface area (Å²) in [6.45, 7) is 4.19. The van der Waals surface area contributed by atoms with Crippen molar-refractivity contribution in [1.82, 2.24) is 0 Å². The van der Waals surface area contributed by atoms with Crippen molar-refractivity contribution >= 4 is 12.1 Å². The van der Waals surface area contributed by atoms with E-state index < -0.39 is 0 Å². The third-order valence-electron chi connectivity index (χ3n) is 1.25. The third-order valence-corrected chi connectivity index (χ3v) is 1.25. The van der Waals surface area contributed by atoms with Gasteiger partial charge in [-0.25, -0.2) is 4.99 Å². The van der Waals surface area contributed by atoms with Gasteiger partial charge in [0.05, 0.1) is 11.9 Å². The van der Waals surface area contributed by atoms with Gasteiger partial charge in [0, 0.05) is 12.1 Å². The first-order chi connectivity index (χ1) is 4.80. The molecule has 0 amide bonds. The minimum absolute atomic E-state index is 0.449. The van der Waals surface area contributed by atoms with Crippen LogP contribution >= 0.6 is 0 Å². The van der Waals surface area contributed by atoms with Crippen molar-refractivity contribution in [2.75, 3.05) is 0 Å². The molecule has 0 bridgehead atoms. The molecule has 0 aromatic carbocycles. The van der Waals surface area contributed by atoms with E-state index in [2.05, 4.69) is 29.7 Å². The van der Waals surface area contributed by atoms with E-state index in [1.807, 2.05) is 6.08 Å². The Labute approximate surface area is 60.7 Å². The van der Waals surface area contributed by atoms with Crippen LogP contribution in [0.3, 0.4) is 0 Å². The standard InChI is InChI=1S/C8H10N2/c1-7(2)8-3-4-9-5-6-10-8/h3-5,7H,1-2H3. The summed E-state index contributed by atoms with van der Waals surface area (Å²) in [5.74, 6) is 3.16. The van der Waals surface area contributed by atoms with Crippen LogP contribution in [-0.2, 0) is 0 Å². The Balaban J connectivity index is 2.86. The van der Waals surface area contributed by atoms with Gasteiger partial charge in [0.1, 0.15) is 0 Å². The first-order valence-corrected chi connectivity index (χ1v) is 3.32. The van der Waals surface area contributed by atoms with Crippen LogP contribution in [0.5, 0.6) is 0 Å². The highest BCUT2D eigenvalue weighted by Crippen LogP contribution is 2.09. The molecule has 0 spiro atoms. The lowest BCUT2D eigenvalue weighted by Gasteiger charge is -1.99. The molecule has 0 aromatic heterocycles. The zero-order valence-corrected chi connectivity index (χ0v) is 6.20. The fraction of sp³-hybridized carbons (Fsp3) is 0.375. The highest BCUT2D eigenvalue weighted by molar-refractivity contribution is 5.76. The molecule has 1 aliphatic heterocycles. The van der Waals surface area contributed by atoms with Gasteiger partial charge in [-0.3, -0.25) is 4.99 Å². The van der Waals surface area contributed by atoms with E-state index in [0.29, 0.717) is 5.92 Å². The molecule has 0 saturated carbocycles. The second-order valence-electron chi connectivity index (χ2n) is 2.41. The molecule has 52 valence electrons. The monoisotopic (exact) mass is 134 g/mol. The Kier molecular flexibility index (Phi) is 2.19. The van der Waals surface area contributed by atoms with Crippen LogP contribution in [0, 0.1) is 5.92 Å². The molecule has 1 rings (SSSR count). The Hall–Kier alpha value is -1.14. The van der Waals surface area contributed by atoms with Crippen LogP contribution < -0.4 is 0 Å². The molecule has 0 aromatic rings. The van der Waals surface area contributed by atoms with E-state index in [1.54, 1.807) is 12.4 Å².